The molecule has 4 rings (SSSR count). The fraction of sp³-hybridized carbons (Fsp3) is 0.136. The number of anilines is 2. The second-order valence-corrected chi connectivity index (χ2v) is 7.62. The van der Waals surface area contributed by atoms with Crippen LogP contribution < -0.4 is 10.5 Å². The number of fused-ring (bicyclic) bond motifs is 1. The third kappa shape index (κ3) is 3.94. The molecule has 10 heteroatoms. The normalized spacial score (nSPS) is 11.5. The molecule has 7 nitrogen and oxygen atoms in total. The second-order valence-electron chi connectivity index (χ2n) is 7.18. The molecule has 0 radical (unpaired) electrons. The minimum absolute atomic E-state index is 0.131. The van der Waals surface area contributed by atoms with E-state index in [-0.39, 0.29) is 11.3 Å². The minimum atomic E-state index is -3.02. The predicted octanol–water partition coefficient (Wildman–Crippen LogP) is 4.96. The summed E-state index contributed by atoms with van der Waals surface area (Å²) in [5, 5.41) is 17.0. The lowest BCUT2D eigenvalue weighted by Crippen LogP contribution is -2.26. The molecule has 32 heavy (non-hydrogen) atoms. The summed E-state index contributed by atoms with van der Waals surface area (Å²) in [4.78, 5) is 14.5. The summed E-state index contributed by atoms with van der Waals surface area (Å²) in [6, 6.07) is 13.3. The number of hydrogen-bond donors (Lipinski definition) is 2. The first kappa shape index (κ1) is 21.5. The topological polar surface area (TPSA) is 94.5 Å². The molecule has 0 saturated heterocycles. The molecule has 1 aromatic carbocycles. The smallest absolute Gasteiger partial charge is 0.286 e. The standard InChI is InChI=1S/C22H18ClF2N7/c1-22(24,25)18-9-6-13(11-28-18)16-4-3-5-19(29-16)31(2)20-15-8-7-14(23)10-17(15)32(12-26)21(27)30-20/h3-12,26-27H,1-2H3. The fourth-order valence-electron chi connectivity index (χ4n) is 3.29. The van der Waals surface area contributed by atoms with Crippen LogP contribution in [0.1, 0.15) is 12.6 Å². The first-order valence-electron chi connectivity index (χ1n) is 9.51. The minimum Gasteiger partial charge on any atom is -0.313 e. The van der Waals surface area contributed by atoms with Crippen molar-refractivity contribution in [3.05, 3.63) is 71.1 Å². The Morgan fingerprint density at radius 2 is 1.91 bits per heavy atom. The van der Waals surface area contributed by atoms with Crippen LogP contribution in [0.15, 0.2) is 54.7 Å². The van der Waals surface area contributed by atoms with Crippen molar-refractivity contribution in [1.82, 2.24) is 19.5 Å². The fourth-order valence-corrected chi connectivity index (χ4v) is 3.46. The van der Waals surface area contributed by atoms with Gasteiger partial charge in [0.25, 0.3) is 5.92 Å². The maximum absolute atomic E-state index is 13.5. The number of benzene rings is 1. The molecule has 0 fully saturated rings. The van der Waals surface area contributed by atoms with Crippen LogP contribution in [0.3, 0.4) is 0 Å². The van der Waals surface area contributed by atoms with Crippen LogP contribution in [0, 0.1) is 10.8 Å². The van der Waals surface area contributed by atoms with Crippen LogP contribution in [0.25, 0.3) is 22.2 Å². The molecule has 0 atom stereocenters. The highest BCUT2D eigenvalue weighted by molar-refractivity contribution is 6.31. The van der Waals surface area contributed by atoms with Gasteiger partial charge in [0.05, 0.1) is 17.5 Å². The monoisotopic (exact) mass is 453 g/mol. The number of halogens is 3. The lowest BCUT2D eigenvalue weighted by atomic mass is 10.1. The Kier molecular flexibility index (Phi) is 5.43. The molecular weight excluding hydrogens is 436 g/mol. The molecule has 0 bridgehead atoms. The van der Waals surface area contributed by atoms with Gasteiger partial charge in [-0.25, -0.2) is 4.98 Å². The van der Waals surface area contributed by atoms with Gasteiger partial charge in [0.15, 0.2) is 0 Å². The maximum Gasteiger partial charge on any atom is 0.286 e. The second kappa shape index (κ2) is 8.08. The molecule has 0 aliphatic rings. The third-order valence-electron chi connectivity index (χ3n) is 4.93. The van der Waals surface area contributed by atoms with Crippen molar-refractivity contribution in [3.8, 4) is 11.3 Å². The Balaban J connectivity index is 1.78. The maximum atomic E-state index is 13.5. The van der Waals surface area contributed by atoms with E-state index in [1.165, 1.54) is 16.8 Å². The summed E-state index contributed by atoms with van der Waals surface area (Å²) in [7, 11) is 1.76. The lowest BCUT2D eigenvalue weighted by molar-refractivity contribution is 0.0128. The van der Waals surface area contributed by atoms with Gasteiger partial charge < -0.3 is 4.90 Å². The molecule has 0 aliphatic carbocycles. The lowest BCUT2D eigenvalue weighted by Gasteiger charge is -2.21. The van der Waals surface area contributed by atoms with Gasteiger partial charge in [-0.3, -0.25) is 20.4 Å². The summed E-state index contributed by atoms with van der Waals surface area (Å²) in [6.45, 7) is 0.802. The van der Waals surface area contributed by atoms with E-state index in [4.69, 9.17) is 22.4 Å². The van der Waals surface area contributed by atoms with Gasteiger partial charge in [0.1, 0.15) is 17.3 Å². The number of pyridine rings is 2. The van der Waals surface area contributed by atoms with Crippen LogP contribution in [0.2, 0.25) is 5.02 Å². The summed E-state index contributed by atoms with van der Waals surface area (Å²) >= 11 is 6.13. The molecule has 2 N–H and O–H groups in total. The highest BCUT2D eigenvalue weighted by Crippen LogP contribution is 2.30. The summed E-state index contributed by atoms with van der Waals surface area (Å²) in [5.41, 5.74) is 1.26. The molecule has 3 heterocycles. The van der Waals surface area contributed by atoms with Gasteiger partial charge >= 0.3 is 0 Å². The van der Waals surface area contributed by atoms with Gasteiger partial charge in [-0.05, 0) is 42.5 Å². The first-order chi connectivity index (χ1) is 15.2. The molecule has 3 aromatic heterocycles. The van der Waals surface area contributed by atoms with Crippen molar-refractivity contribution < 1.29 is 8.78 Å². The number of rotatable bonds is 5. The summed E-state index contributed by atoms with van der Waals surface area (Å²) < 4.78 is 28.2. The number of nitrogens with zero attached hydrogens (tertiary/aromatic N) is 5. The molecular formula is C22H18ClF2N7. The van der Waals surface area contributed by atoms with E-state index in [1.54, 1.807) is 54.4 Å². The Morgan fingerprint density at radius 3 is 2.56 bits per heavy atom. The average Bonchev–Trinajstić information content (AvgIpc) is 2.77. The van der Waals surface area contributed by atoms with Gasteiger partial charge in [-0.2, -0.15) is 13.8 Å². The van der Waals surface area contributed by atoms with Gasteiger partial charge in [0, 0.05) is 36.1 Å². The number of nitrogens with one attached hydrogen (secondary N) is 2. The van der Waals surface area contributed by atoms with Gasteiger partial charge in [-0.1, -0.05) is 17.7 Å². The highest BCUT2D eigenvalue weighted by atomic mass is 35.5. The van der Waals surface area contributed by atoms with Crippen molar-refractivity contribution >= 4 is 40.5 Å². The van der Waals surface area contributed by atoms with Crippen LogP contribution in [-0.2, 0) is 5.92 Å². The van der Waals surface area contributed by atoms with E-state index in [0.717, 1.165) is 13.3 Å². The molecule has 0 aliphatic heterocycles. The van der Waals surface area contributed by atoms with E-state index in [0.29, 0.717) is 38.8 Å². The van der Waals surface area contributed by atoms with Crippen LogP contribution in [0.5, 0.6) is 0 Å². The first-order valence-corrected chi connectivity index (χ1v) is 9.89. The van der Waals surface area contributed by atoms with Crippen molar-refractivity contribution in [1.29, 1.82) is 10.8 Å². The van der Waals surface area contributed by atoms with Crippen LogP contribution >= 0.6 is 11.6 Å². The quantitative estimate of drug-likeness (QED) is 0.330. The molecule has 0 unspecified atom stereocenters. The summed E-state index contributed by atoms with van der Waals surface area (Å²) in [5.74, 6) is -2.02. The zero-order valence-corrected chi connectivity index (χ0v) is 17.9. The average molecular weight is 454 g/mol. The Morgan fingerprint density at radius 1 is 1.12 bits per heavy atom. The molecule has 0 amide bonds. The molecule has 0 saturated carbocycles. The van der Waals surface area contributed by atoms with E-state index in [1.807, 2.05) is 0 Å². The predicted molar refractivity (Wildman–Crippen MR) is 120 cm³/mol. The molecule has 162 valence electrons. The van der Waals surface area contributed by atoms with E-state index in [2.05, 4.69) is 15.0 Å². The van der Waals surface area contributed by atoms with Crippen molar-refractivity contribution in [3.63, 3.8) is 0 Å². The number of alkyl halides is 2. The SMILES string of the molecule is CN(c1cccc(-c2ccc(C(C)(F)F)nc2)n1)c1nc(=N)n(C=N)c2cc(Cl)ccc12. The zero-order valence-electron chi connectivity index (χ0n) is 17.1. The number of hydrogen-bond acceptors (Lipinski definition) is 6. The van der Waals surface area contributed by atoms with Crippen LogP contribution in [-0.4, -0.2) is 32.9 Å². The zero-order chi connectivity index (χ0) is 23.0. The summed E-state index contributed by atoms with van der Waals surface area (Å²) in [6.07, 6.45) is 2.37. The van der Waals surface area contributed by atoms with Crippen molar-refractivity contribution in [2.75, 3.05) is 11.9 Å². The Bertz CT molecular complexity index is 1380. The molecule has 4 aromatic rings. The molecule has 0 spiro atoms. The van der Waals surface area contributed by atoms with Crippen LogP contribution in [0.4, 0.5) is 20.4 Å². The van der Waals surface area contributed by atoms with E-state index >= 15 is 0 Å². The van der Waals surface area contributed by atoms with Gasteiger partial charge in [-0.15, -0.1) is 0 Å². The van der Waals surface area contributed by atoms with E-state index in [9.17, 15) is 8.78 Å². The third-order valence-corrected chi connectivity index (χ3v) is 5.17. The van der Waals surface area contributed by atoms with Gasteiger partial charge in [0.2, 0.25) is 5.62 Å². The van der Waals surface area contributed by atoms with E-state index < -0.39 is 5.92 Å². The van der Waals surface area contributed by atoms with Crippen molar-refractivity contribution in [2.45, 2.75) is 12.8 Å². The van der Waals surface area contributed by atoms with Crippen molar-refractivity contribution in [2.24, 2.45) is 0 Å². The Hall–Kier alpha value is -3.72. The Labute approximate surface area is 187 Å². The largest absolute Gasteiger partial charge is 0.313 e. The number of aromatic nitrogens is 4. The highest BCUT2D eigenvalue weighted by Gasteiger charge is 2.25.